The van der Waals surface area contributed by atoms with Crippen molar-refractivity contribution in [2.24, 2.45) is 0 Å². The molecule has 1 aliphatic rings. The summed E-state index contributed by atoms with van der Waals surface area (Å²) in [6, 6.07) is 11.3. The summed E-state index contributed by atoms with van der Waals surface area (Å²) < 4.78 is 35.1. The third-order valence-electron chi connectivity index (χ3n) is 7.16. The highest BCUT2D eigenvalue weighted by Gasteiger charge is 2.23. The number of ketones is 1. The molecule has 2 aromatic carbocycles. The maximum absolute atomic E-state index is 14.0. The van der Waals surface area contributed by atoms with Crippen molar-refractivity contribution in [2.45, 2.75) is 26.8 Å². The van der Waals surface area contributed by atoms with E-state index in [0.29, 0.717) is 34.9 Å². The molecule has 0 aliphatic carbocycles. The van der Waals surface area contributed by atoms with Crippen LogP contribution in [0.2, 0.25) is 0 Å². The van der Waals surface area contributed by atoms with Crippen LogP contribution in [0.1, 0.15) is 39.7 Å². The van der Waals surface area contributed by atoms with Crippen LogP contribution < -0.4 is 10.1 Å². The molecule has 2 N–H and O–H groups in total. The Kier molecular flexibility index (Phi) is 6.55. The zero-order chi connectivity index (χ0) is 28.0. The summed E-state index contributed by atoms with van der Waals surface area (Å²) >= 11 is 0. The minimum atomic E-state index is -0.822. The Morgan fingerprint density at radius 1 is 1.12 bits per heavy atom. The number of carbonyl (C=O) groups excluding carboxylic acids is 1. The molecule has 0 fully saturated rings. The van der Waals surface area contributed by atoms with Crippen molar-refractivity contribution in [3.8, 4) is 17.3 Å². The van der Waals surface area contributed by atoms with E-state index in [0.717, 1.165) is 42.5 Å². The molecule has 1 aliphatic heterocycles. The van der Waals surface area contributed by atoms with Crippen LogP contribution in [0.25, 0.3) is 16.6 Å². The molecule has 0 amide bonds. The molecular formula is C30H28F2N6O2. The molecule has 0 bridgehead atoms. The second kappa shape index (κ2) is 10.2. The first-order valence-corrected chi connectivity index (χ1v) is 13.1. The standard InChI is InChI=1S/C30H28F2N6O2/c1-4-33-30-21(28(39)25-12-19-11-18-8-9-37(3)16-20(18)13-24(19)36-25)14-35-38(30)26-15-34-27(10-17(26)2)40-29-22(31)6-5-7-23(29)32/h5-7,10-15,33,36H,4,8-9,16H2,1-3H3. The minimum absolute atomic E-state index is 0.0330. The Hall–Kier alpha value is -4.57. The first-order chi connectivity index (χ1) is 19.3. The number of halogens is 2. The molecule has 40 heavy (non-hydrogen) atoms. The van der Waals surface area contributed by atoms with Gasteiger partial charge >= 0.3 is 0 Å². The Labute approximate surface area is 229 Å². The molecule has 0 spiro atoms. The second-order valence-corrected chi connectivity index (χ2v) is 10.0. The summed E-state index contributed by atoms with van der Waals surface area (Å²) in [6.07, 6.45) is 4.01. The monoisotopic (exact) mass is 542 g/mol. The minimum Gasteiger partial charge on any atom is -0.433 e. The fraction of sp³-hybridized carbons (Fsp3) is 0.233. The third kappa shape index (κ3) is 4.60. The zero-order valence-electron chi connectivity index (χ0n) is 22.4. The number of aromatic amines is 1. The van der Waals surface area contributed by atoms with E-state index in [1.165, 1.54) is 29.6 Å². The molecular weight excluding hydrogens is 514 g/mol. The highest BCUT2D eigenvalue weighted by molar-refractivity contribution is 6.12. The van der Waals surface area contributed by atoms with Gasteiger partial charge in [-0.1, -0.05) is 6.07 Å². The summed E-state index contributed by atoms with van der Waals surface area (Å²) in [7, 11) is 2.11. The predicted octanol–water partition coefficient (Wildman–Crippen LogP) is 5.78. The van der Waals surface area contributed by atoms with E-state index in [1.54, 1.807) is 17.7 Å². The normalized spacial score (nSPS) is 13.4. The van der Waals surface area contributed by atoms with Crippen LogP contribution in [-0.2, 0) is 13.0 Å². The van der Waals surface area contributed by atoms with Crippen molar-refractivity contribution < 1.29 is 18.3 Å². The first-order valence-electron chi connectivity index (χ1n) is 13.1. The number of anilines is 1. The van der Waals surface area contributed by atoms with E-state index in [1.807, 2.05) is 13.0 Å². The Balaban J connectivity index is 1.32. The van der Waals surface area contributed by atoms with E-state index >= 15 is 0 Å². The largest absolute Gasteiger partial charge is 0.433 e. The smallest absolute Gasteiger partial charge is 0.219 e. The van der Waals surface area contributed by atoms with Crippen LogP contribution >= 0.6 is 0 Å². The van der Waals surface area contributed by atoms with Crippen molar-refractivity contribution in [3.63, 3.8) is 0 Å². The van der Waals surface area contributed by atoms with Crippen molar-refractivity contribution in [3.05, 3.63) is 94.4 Å². The number of likely N-dealkylation sites (N-methyl/N-ethyl adjacent to an activating group) is 1. The lowest BCUT2D eigenvalue weighted by Crippen LogP contribution is -2.26. The maximum Gasteiger partial charge on any atom is 0.219 e. The highest BCUT2D eigenvalue weighted by atomic mass is 19.1. The Morgan fingerprint density at radius 2 is 1.93 bits per heavy atom. The maximum atomic E-state index is 14.0. The number of nitrogens with one attached hydrogen (secondary N) is 2. The molecule has 4 heterocycles. The molecule has 0 saturated heterocycles. The van der Waals surface area contributed by atoms with Gasteiger partial charge in [0.05, 0.1) is 29.3 Å². The molecule has 10 heteroatoms. The van der Waals surface area contributed by atoms with Gasteiger partial charge in [0, 0.05) is 36.6 Å². The molecule has 0 atom stereocenters. The predicted molar refractivity (Wildman–Crippen MR) is 148 cm³/mol. The number of benzene rings is 2. The van der Waals surface area contributed by atoms with Crippen molar-refractivity contribution in [1.82, 2.24) is 24.6 Å². The van der Waals surface area contributed by atoms with Gasteiger partial charge in [0.2, 0.25) is 17.4 Å². The molecule has 3 aromatic heterocycles. The van der Waals surface area contributed by atoms with Crippen LogP contribution in [-0.4, -0.2) is 50.6 Å². The lowest BCUT2D eigenvalue weighted by molar-refractivity contribution is 0.103. The number of hydrogen-bond donors (Lipinski definition) is 2. The van der Waals surface area contributed by atoms with Gasteiger partial charge in [-0.15, -0.1) is 0 Å². The van der Waals surface area contributed by atoms with Gasteiger partial charge in [0.25, 0.3) is 0 Å². The first kappa shape index (κ1) is 25.7. The molecule has 5 aromatic rings. The summed E-state index contributed by atoms with van der Waals surface area (Å²) in [4.78, 5) is 23.5. The number of para-hydroxylation sites is 1. The van der Waals surface area contributed by atoms with Gasteiger partial charge in [-0.2, -0.15) is 5.10 Å². The van der Waals surface area contributed by atoms with Gasteiger partial charge < -0.3 is 19.9 Å². The van der Waals surface area contributed by atoms with Crippen LogP contribution in [0.5, 0.6) is 11.6 Å². The van der Waals surface area contributed by atoms with Gasteiger partial charge in [0.15, 0.2) is 11.6 Å². The lowest BCUT2D eigenvalue weighted by Gasteiger charge is -2.24. The van der Waals surface area contributed by atoms with Crippen molar-refractivity contribution in [1.29, 1.82) is 0 Å². The number of nitrogens with zero attached hydrogens (tertiary/aromatic N) is 4. The highest BCUT2D eigenvalue weighted by Crippen LogP contribution is 2.31. The number of aromatic nitrogens is 4. The number of pyridine rings is 1. The van der Waals surface area contributed by atoms with Crippen LogP contribution in [0, 0.1) is 18.6 Å². The fourth-order valence-corrected chi connectivity index (χ4v) is 5.12. The SMILES string of the molecule is CCNc1c(C(=O)c2cc3cc4c(cc3[nH]2)CN(C)CC4)cnn1-c1cnc(Oc2c(F)cccc2F)cc1C. The van der Waals surface area contributed by atoms with Crippen LogP contribution in [0.4, 0.5) is 14.6 Å². The van der Waals surface area contributed by atoms with Crippen molar-refractivity contribution >= 4 is 22.5 Å². The number of rotatable bonds is 7. The van der Waals surface area contributed by atoms with Crippen molar-refractivity contribution in [2.75, 3.05) is 25.5 Å². The van der Waals surface area contributed by atoms with E-state index in [9.17, 15) is 13.6 Å². The van der Waals surface area contributed by atoms with E-state index in [2.05, 4.69) is 44.5 Å². The third-order valence-corrected chi connectivity index (χ3v) is 7.16. The Morgan fingerprint density at radius 3 is 2.67 bits per heavy atom. The summed E-state index contributed by atoms with van der Waals surface area (Å²) in [6.45, 7) is 6.19. The fourth-order valence-electron chi connectivity index (χ4n) is 5.12. The number of hydrogen-bond acceptors (Lipinski definition) is 6. The van der Waals surface area contributed by atoms with Gasteiger partial charge in [-0.3, -0.25) is 4.79 Å². The number of H-pyrrole nitrogens is 1. The second-order valence-electron chi connectivity index (χ2n) is 10.0. The molecule has 6 rings (SSSR count). The summed E-state index contributed by atoms with van der Waals surface area (Å²) in [5.41, 5.74) is 5.68. The lowest BCUT2D eigenvalue weighted by atomic mass is 9.98. The number of carbonyl (C=O) groups is 1. The zero-order valence-corrected chi connectivity index (χ0v) is 22.4. The van der Waals surface area contributed by atoms with Gasteiger partial charge in [0.1, 0.15) is 5.82 Å². The Bertz CT molecular complexity index is 1740. The molecule has 0 radical (unpaired) electrons. The topological polar surface area (TPSA) is 88.1 Å². The molecule has 0 saturated carbocycles. The van der Waals surface area contributed by atoms with E-state index in [-0.39, 0.29) is 11.7 Å². The molecule has 204 valence electrons. The molecule has 0 unspecified atom stereocenters. The average molecular weight is 543 g/mol. The number of ether oxygens (including phenoxy) is 1. The van der Waals surface area contributed by atoms with Gasteiger partial charge in [-0.05, 0) is 74.3 Å². The van der Waals surface area contributed by atoms with E-state index in [4.69, 9.17) is 4.74 Å². The van der Waals surface area contributed by atoms with Crippen LogP contribution in [0.15, 0.2) is 54.9 Å². The quantitative estimate of drug-likeness (QED) is 0.254. The number of fused-ring (bicyclic) bond motifs is 2. The van der Waals surface area contributed by atoms with Gasteiger partial charge in [-0.25, -0.2) is 18.4 Å². The summed E-state index contributed by atoms with van der Waals surface area (Å²) in [5, 5.41) is 8.75. The number of aryl methyl sites for hydroxylation is 1. The average Bonchev–Trinajstić information content (AvgIpc) is 3.53. The van der Waals surface area contributed by atoms with E-state index < -0.39 is 17.4 Å². The van der Waals surface area contributed by atoms with Crippen LogP contribution in [0.3, 0.4) is 0 Å². The molecule has 8 nitrogen and oxygen atoms in total. The summed E-state index contributed by atoms with van der Waals surface area (Å²) in [5.74, 6) is -1.80.